The fraction of sp³-hybridized carbons (Fsp3) is 0.409. The number of fused-ring (bicyclic) bond motifs is 5. The minimum atomic E-state index is -1.21. The summed E-state index contributed by atoms with van der Waals surface area (Å²) in [4.78, 5) is 53.9. The fourth-order valence-corrected chi connectivity index (χ4v) is 20.7. The van der Waals surface area contributed by atoms with Crippen LogP contribution in [0, 0.1) is 68.8 Å². The number of amidine groups is 4. The Hall–Kier alpha value is -14.2. The van der Waals surface area contributed by atoms with E-state index in [9.17, 15) is 36.9 Å². The Morgan fingerprint density at radius 3 is 1.08 bits per heavy atom. The number of anilines is 1. The minimum Gasteiger partial charge on any atom is -0.475 e. The van der Waals surface area contributed by atoms with Crippen molar-refractivity contribution in [3.8, 4) is 5.88 Å². The van der Waals surface area contributed by atoms with E-state index in [-0.39, 0.29) is 150 Å². The molecule has 37 nitrogen and oxygen atoms in total. The average Bonchev–Trinajstić information content (AvgIpc) is 1.42. The number of Topliss-reactive ketones (excluding diaryl/α,β-unsaturated/α-hetero) is 1. The van der Waals surface area contributed by atoms with Gasteiger partial charge in [-0.2, -0.15) is 25.5 Å². The van der Waals surface area contributed by atoms with Crippen LogP contribution in [0.5, 0.6) is 5.88 Å². The highest BCUT2D eigenvalue weighted by Gasteiger charge is 2.61. The third kappa shape index (κ3) is 18.0. The molecule has 5 fully saturated rings. The van der Waals surface area contributed by atoms with Crippen LogP contribution in [0.1, 0.15) is 144 Å². The van der Waals surface area contributed by atoms with Crippen molar-refractivity contribution in [2.75, 3.05) is 45.6 Å². The number of nitro groups is 1. The van der Waals surface area contributed by atoms with Gasteiger partial charge in [0.25, 0.3) is 29.8 Å². The number of carbonyl (C=O) groups excluding carboxylic acids is 1. The second kappa shape index (κ2) is 37.2. The maximum Gasteiger partial charge on any atom is 0.283 e. The molecule has 10 N–H and O–H groups in total. The van der Waals surface area contributed by atoms with Crippen LogP contribution >= 0.6 is 0 Å². The van der Waals surface area contributed by atoms with Gasteiger partial charge in [0.15, 0.2) is 11.7 Å². The van der Waals surface area contributed by atoms with Gasteiger partial charge in [-0.05, 0) is 88.7 Å². The molecular weight excluding hydrogens is 1780 g/mol. The molecule has 0 saturated carbocycles. The number of non-ortho nitro benzene ring substituents is 1. The summed E-state index contributed by atoms with van der Waals surface area (Å²) < 4.78 is 158. The van der Waals surface area contributed by atoms with Crippen LogP contribution in [0.2, 0.25) is 0 Å². The highest BCUT2D eigenvalue weighted by Crippen LogP contribution is 2.58. The maximum atomic E-state index is 15.3. The summed E-state index contributed by atoms with van der Waals surface area (Å²) in [6.45, 7) is 11.6. The first kappa shape index (κ1) is 93.6. The van der Waals surface area contributed by atoms with Gasteiger partial charge in [-0.3, -0.25) is 38.3 Å². The normalized spacial score (nSPS) is 29.7. The van der Waals surface area contributed by atoms with Crippen molar-refractivity contribution in [1.29, 1.82) is 0 Å². The number of benzene rings is 5. The van der Waals surface area contributed by atoms with E-state index < -0.39 is 87.4 Å². The second-order valence-electron chi connectivity index (χ2n) is 35.6. The first-order valence-electron chi connectivity index (χ1n) is 43.6. The summed E-state index contributed by atoms with van der Waals surface area (Å²) in [7, 11) is 9.13. The van der Waals surface area contributed by atoms with Crippen LogP contribution in [-0.4, -0.2) is 170 Å². The van der Waals surface area contributed by atoms with Crippen LogP contribution < -0.4 is 33.4 Å². The number of nitro benzene ring substituents is 1. The summed E-state index contributed by atoms with van der Waals surface area (Å²) >= 11 is 0. The quantitative estimate of drug-likeness (QED) is 0.0197. The van der Waals surface area contributed by atoms with E-state index in [0.29, 0.717) is 53.7 Å². The highest BCUT2D eigenvalue weighted by atomic mass is 19.2. The molecule has 11 aromatic rings. The van der Waals surface area contributed by atoms with Gasteiger partial charge >= 0.3 is 0 Å². The molecule has 10 aliphatic rings. The third-order valence-electron chi connectivity index (χ3n) is 26.7. The van der Waals surface area contributed by atoms with Crippen molar-refractivity contribution in [1.82, 2.24) is 58.9 Å². The van der Waals surface area contributed by atoms with Gasteiger partial charge in [-0.15, -0.1) is 0 Å². The van der Waals surface area contributed by atoms with Gasteiger partial charge in [-0.1, -0.05) is 42.5 Å². The number of aromatic nitrogens is 12. The van der Waals surface area contributed by atoms with E-state index in [1.165, 1.54) is 54.9 Å². The monoisotopic (exact) mass is 1880 g/mol. The zero-order valence-electron chi connectivity index (χ0n) is 75.8. The third-order valence-corrected chi connectivity index (χ3v) is 26.7. The molecule has 20 atom stereocenters. The number of rotatable bonds is 16. The van der Waals surface area contributed by atoms with E-state index in [2.05, 4.69) is 60.2 Å². The van der Waals surface area contributed by atoms with E-state index in [4.69, 9.17) is 81.0 Å². The average molecular weight is 1880 g/mol. The number of aliphatic imine (C=N–C) groups is 5. The van der Waals surface area contributed by atoms with Crippen LogP contribution in [0.25, 0.3) is 0 Å². The van der Waals surface area contributed by atoms with Gasteiger partial charge in [0, 0.05) is 153 Å². The second-order valence-corrected chi connectivity index (χ2v) is 35.6. The number of nitrogens with two attached hydrogens (primary N) is 5. The molecule has 714 valence electrons. The molecule has 0 unspecified atom stereocenters. The number of hydrogen-bond acceptors (Lipinski definition) is 31. The maximum absolute atomic E-state index is 15.3. The van der Waals surface area contributed by atoms with Gasteiger partial charge in [0.05, 0.1) is 147 Å². The highest BCUT2D eigenvalue weighted by molar-refractivity contribution is 5.95. The molecule has 5 saturated heterocycles. The minimum absolute atomic E-state index is 0.0287. The summed E-state index contributed by atoms with van der Waals surface area (Å²) in [6, 6.07) is 25.7. The molecule has 0 aliphatic carbocycles. The van der Waals surface area contributed by atoms with Gasteiger partial charge in [0.2, 0.25) is 12.7 Å². The molecule has 0 radical (unpaired) electrons. The van der Waals surface area contributed by atoms with Crippen LogP contribution in [-0.2, 0) is 117 Å². The van der Waals surface area contributed by atoms with Gasteiger partial charge < -0.3 is 80.8 Å². The molecular formula is C93H101F6N23O14. The van der Waals surface area contributed by atoms with Crippen molar-refractivity contribution in [3.63, 3.8) is 0 Å². The number of ether oxygens (including phenoxy) is 11. The molecule has 43 heteroatoms. The SMILES string of the molecule is CC1=N[C@](C)(c2ccccc2F)[C@@H]2[C@@H](CO[C@H]2c2cnn(C)c2)O1.Cn1cc([C@@H]2OC[C@H]3OC(N)=N[C@](C)(c4cc(CC(=O)c5cnc(OCF)cn5)ccc4F)[C@H]32)cn1.Cn1cc([C@@H]2OC[C@H]3OC(N)=N[C@](C)(c4cc(N)ccc4F)[C@H]32)cn1.Cn1cc([C@@H]2OC[C@H]3OC(N)=N[C@](C)(c4cc([N+](=O)[O-])ccc4F)[C@H]32)cn1.Cn1cc([C@@H]2OC[C@H]3OC(N)=N[C@](C)(c4ccccc4F)[C@H]32)cn1. The molecule has 0 amide bonds. The predicted molar refractivity (Wildman–Crippen MR) is 477 cm³/mol. The number of nitrogen functional groups attached to an aromatic ring is 1. The number of alkyl halides is 1. The van der Waals surface area contributed by atoms with E-state index in [1.807, 2.05) is 79.7 Å². The molecule has 136 heavy (non-hydrogen) atoms. The predicted octanol–water partition coefficient (Wildman–Crippen LogP) is 10.5. The lowest BCUT2D eigenvalue weighted by Crippen LogP contribution is -2.48. The Morgan fingerprint density at radius 1 is 0.419 bits per heavy atom. The summed E-state index contributed by atoms with van der Waals surface area (Å²) in [5.74, 6) is -3.28. The van der Waals surface area contributed by atoms with Gasteiger partial charge in [-0.25, -0.2) is 61.3 Å². The zero-order chi connectivity index (χ0) is 96.4. The van der Waals surface area contributed by atoms with Crippen molar-refractivity contribution in [2.24, 2.45) is 113 Å². The number of carbonyl (C=O) groups is 1. The molecule has 0 bridgehead atoms. The lowest BCUT2D eigenvalue weighted by Gasteiger charge is -2.41. The molecule has 6 aromatic heterocycles. The van der Waals surface area contributed by atoms with E-state index >= 15 is 4.39 Å². The lowest BCUT2D eigenvalue weighted by molar-refractivity contribution is -0.385. The number of ketones is 1. The summed E-state index contributed by atoms with van der Waals surface area (Å²) in [5, 5.41) is 32.2. The van der Waals surface area contributed by atoms with Crippen LogP contribution in [0.4, 0.5) is 37.7 Å². The van der Waals surface area contributed by atoms with Crippen LogP contribution in [0.15, 0.2) is 202 Å². The summed E-state index contributed by atoms with van der Waals surface area (Å²) in [5.41, 5.74) is 31.6. The van der Waals surface area contributed by atoms with Gasteiger partial charge in [0.1, 0.15) is 87.5 Å². The first-order chi connectivity index (χ1) is 64.9. The van der Waals surface area contributed by atoms with Crippen molar-refractivity contribution in [3.05, 3.63) is 284 Å². The number of hydrogen-bond donors (Lipinski definition) is 5. The topological polar surface area (TPSA) is 469 Å². The number of halogens is 6. The Bertz CT molecular complexity index is 6340. The van der Waals surface area contributed by atoms with Crippen LogP contribution in [0.3, 0.4) is 0 Å². The molecule has 0 spiro atoms. The Labute approximate surface area is 775 Å². The Morgan fingerprint density at radius 2 is 0.743 bits per heavy atom. The zero-order valence-corrected chi connectivity index (χ0v) is 75.8. The molecule has 5 aromatic carbocycles. The lowest BCUT2D eigenvalue weighted by atomic mass is 9.73. The Kier molecular flexibility index (Phi) is 25.6. The standard InChI is InChI=1S/C24H24F2N6O4.C18H20FN3O2.C17H18FN5O4.C17H20FN5O2.C17H19FN4O2/c1-24(21-19(36-23(27)31-24)11-34-22(21)14-7-30-32(2)10-14)15-5-13(3-4-16(15)26)6-18(33)17-8-29-20(9-28-17)35-12-25;1-11-21-18(2,13-6-4-5-7-14(13)19)16-15(24-11)10-23-17(16)12-8-20-22(3)9-12;1-17(11-5-10(23(24)25)3-4-12(11)18)14-13(27-16(19)21-17)8-26-15(14)9-6-20-22(2)7-9;1-17(11-5-10(19)3-4-12(11)18)14-13(25-16(20)22-17)8-24-15(14)9-6-21-23(2)7-9;1-17(11-5-3-4-6-12(11)18)14-13(24-16(19)21-17)9-23-15(14)10-7-20-22(2)8-10/h3-5,7-10,19,21-22H,6,11-12H2,1-2H3,(H2,27,31);4-9,15-17H,10H2,1-3H3;3-7,13-15H,8H2,1-2H3,(H2,19,21);3-7,13-15H,8,19H2,1-2H3,(H2,20,22);3-8,13-15H,9H2,1-2H3,(H2,19,21)/t19-,21-,22+,24-;15-,16-,17+,18-;3*13-,14-,15+,17-/m11111/s1. The van der Waals surface area contributed by atoms with Crippen molar-refractivity contribution >= 4 is 47.1 Å². The smallest absolute Gasteiger partial charge is 0.283 e. The number of aryl methyl sites for hydroxylation is 5. The molecule has 10 aliphatic heterocycles. The van der Waals surface area contributed by atoms with Crippen molar-refractivity contribution in [2.45, 2.75) is 137 Å². The molecule has 16 heterocycles. The number of nitrogens with zero attached hydrogens (tertiary/aromatic N) is 18. The Balaban J connectivity index is 0.000000119. The first-order valence-corrected chi connectivity index (χ1v) is 43.6. The van der Waals surface area contributed by atoms with E-state index in [1.54, 1.807) is 131 Å². The molecule has 21 rings (SSSR count). The van der Waals surface area contributed by atoms with Crippen molar-refractivity contribution < 1.29 is 88.2 Å². The largest absolute Gasteiger partial charge is 0.475 e. The summed E-state index contributed by atoms with van der Waals surface area (Å²) in [6.07, 6.45) is 16.9. The fourth-order valence-electron chi connectivity index (χ4n) is 20.7. The van der Waals surface area contributed by atoms with E-state index in [0.717, 1.165) is 39.9 Å².